The van der Waals surface area contributed by atoms with Crippen molar-refractivity contribution in [3.8, 4) is 6.07 Å². The molecule has 0 aliphatic heterocycles. The van der Waals surface area contributed by atoms with Crippen LogP contribution in [0.2, 0.25) is 0 Å². The van der Waals surface area contributed by atoms with Crippen LogP contribution in [0.25, 0.3) is 0 Å². The van der Waals surface area contributed by atoms with Crippen LogP contribution in [0.15, 0.2) is 60.9 Å². The molecule has 0 unspecified atom stereocenters. The first kappa shape index (κ1) is 18.9. The number of hydrogen-bond acceptors (Lipinski definition) is 4. The van der Waals surface area contributed by atoms with E-state index < -0.39 is 0 Å². The third-order valence-corrected chi connectivity index (χ3v) is 4.33. The third kappa shape index (κ3) is 4.62. The van der Waals surface area contributed by atoms with Gasteiger partial charge >= 0.3 is 0 Å². The number of nitrogens with one attached hydrogen (secondary N) is 2. The Bertz CT molecular complexity index is 1030. The fourth-order valence-electron chi connectivity index (χ4n) is 2.80. The fourth-order valence-corrected chi connectivity index (χ4v) is 2.80. The first-order valence-electron chi connectivity index (χ1n) is 8.74. The van der Waals surface area contributed by atoms with Crippen LogP contribution in [0.4, 0.5) is 0 Å². The molecule has 7 heteroatoms. The van der Waals surface area contributed by atoms with E-state index in [2.05, 4.69) is 16.5 Å². The average Bonchev–Trinajstić information content (AvgIpc) is 3.17. The molecule has 0 radical (unpaired) electrons. The van der Waals surface area contributed by atoms with Gasteiger partial charge in [-0.1, -0.05) is 48.5 Å². The van der Waals surface area contributed by atoms with Crippen LogP contribution in [0.1, 0.15) is 32.6 Å². The third-order valence-electron chi connectivity index (χ3n) is 4.33. The molecule has 1 amide bonds. The molecule has 140 valence electrons. The van der Waals surface area contributed by atoms with Crippen molar-refractivity contribution in [3.63, 3.8) is 0 Å². The van der Waals surface area contributed by atoms with Gasteiger partial charge in [-0.15, -0.1) is 0 Å². The molecule has 0 fully saturated rings. The van der Waals surface area contributed by atoms with Crippen molar-refractivity contribution in [2.45, 2.75) is 19.5 Å². The van der Waals surface area contributed by atoms with Crippen molar-refractivity contribution in [3.05, 3.63) is 88.7 Å². The second-order valence-corrected chi connectivity index (χ2v) is 6.32. The van der Waals surface area contributed by atoms with E-state index in [-0.39, 0.29) is 11.7 Å². The Morgan fingerprint density at radius 2 is 1.86 bits per heavy atom. The highest BCUT2D eigenvalue weighted by molar-refractivity contribution is 5.95. The number of aromatic nitrogens is 2. The van der Waals surface area contributed by atoms with Gasteiger partial charge in [0.05, 0.1) is 30.8 Å². The average molecular weight is 372 g/mol. The van der Waals surface area contributed by atoms with Gasteiger partial charge in [-0.25, -0.2) is 0 Å². The van der Waals surface area contributed by atoms with Crippen LogP contribution in [0.3, 0.4) is 0 Å². The Morgan fingerprint density at radius 1 is 1.14 bits per heavy atom. The number of nitriles is 1. The number of nitrogens with zero attached hydrogens (tertiary/aromatic N) is 3. The van der Waals surface area contributed by atoms with Crippen LogP contribution in [-0.4, -0.2) is 21.5 Å². The van der Waals surface area contributed by atoms with Crippen molar-refractivity contribution < 1.29 is 4.79 Å². The highest BCUT2D eigenvalue weighted by Gasteiger charge is 2.10. The van der Waals surface area contributed by atoms with Gasteiger partial charge in [0.1, 0.15) is 5.84 Å². The number of carbonyl (C=O) groups excluding carboxylic acids is 1. The minimum Gasteiger partial charge on any atom is -0.384 e. The Labute approximate surface area is 162 Å². The normalized spacial score (nSPS) is 10.2. The van der Waals surface area contributed by atoms with Crippen LogP contribution < -0.4 is 11.1 Å². The van der Waals surface area contributed by atoms with Crippen molar-refractivity contribution in [2.24, 2.45) is 5.73 Å². The molecule has 0 spiro atoms. The second-order valence-electron chi connectivity index (χ2n) is 6.32. The van der Waals surface area contributed by atoms with E-state index in [0.29, 0.717) is 30.6 Å². The van der Waals surface area contributed by atoms with E-state index in [1.165, 1.54) is 6.20 Å². The van der Waals surface area contributed by atoms with Crippen LogP contribution >= 0.6 is 0 Å². The molecule has 0 aliphatic rings. The summed E-state index contributed by atoms with van der Waals surface area (Å²) in [5, 5.41) is 23.4. The van der Waals surface area contributed by atoms with Gasteiger partial charge in [-0.2, -0.15) is 10.4 Å². The van der Waals surface area contributed by atoms with E-state index in [0.717, 1.165) is 16.7 Å². The van der Waals surface area contributed by atoms with Gasteiger partial charge in [0.2, 0.25) is 0 Å². The summed E-state index contributed by atoms with van der Waals surface area (Å²) in [6.45, 7) is 0.866. The molecule has 0 saturated carbocycles. The zero-order valence-electron chi connectivity index (χ0n) is 15.2. The van der Waals surface area contributed by atoms with Crippen LogP contribution in [-0.2, 0) is 19.5 Å². The molecule has 0 atom stereocenters. The van der Waals surface area contributed by atoms with Crippen molar-refractivity contribution in [2.75, 3.05) is 0 Å². The SMILES string of the molecule is N#CCc1ccccc1Cn1cc(C(=O)NCc2ccc(C(=N)N)cc2)cn1. The predicted molar refractivity (Wildman–Crippen MR) is 106 cm³/mol. The Hall–Kier alpha value is -3.92. The largest absolute Gasteiger partial charge is 0.384 e. The lowest BCUT2D eigenvalue weighted by Gasteiger charge is -2.07. The molecular formula is C21H20N6O. The van der Waals surface area contributed by atoms with Gasteiger partial charge in [0.25, 0.3) is 5.91 Å². The molecule has 28 heavy (non-hydrogen) atoms. The summed E-state index contributed by atoms with van der Waals surface area (Å²) in [6.07, 6.45) is 3.56. The van der Waals surface area contributed by atoms with Crippen molar-refractivity contribution >= 4 is 11.7 Å². The van der Waals surface area contributed by atoms with E-state index in [9.17, 15) is 4.79 Å². The first-order valence-corrected chi connectivity index (χ1v) is 8.74. The van der Waals surface area contributed by atoms with E-state index in [1.54, 1.807) is 23.0 Å². The summed E-state index contributed by atoms with van der Waals surface area (Å²) in [7, 11) is 0. The fraction of sp³-hybridized carbons (Fsp3) is 0.143. The van der Waals surface area contributed by atoms with Crippen LogP contribution in [0, 0.1) is 16.7 Å². The van der Waals surface area contributed by atoms with Gasteiger partial charge < -0.3 is 11.1 Å². The summed E-state index contributed by atoms with van der Waals surface area (Å²) >= 11 is 0. The molecular weight excluding hydrogens is 352 g/mol. The van der Waals surface area contributed by atoms with E-state index in [4.69, 9.17) is 16.4 Å². The highest BCUT2D eigenvalue weighted by atomic mass is 16.1. The van der Waals surface area contributed by atoms with Crippen LogP contribution in [0.5, 0.6) is 0 Å². The lowest BCUT2D eigenvalue weighted by Crippen LogP contribution is -2.22. The van der Waals surface area contributed by atoms with E-state index >= 15 is 0 Å². The van der Waals surface area contributed by atoms with Gasteiger partial charge in [0.15, 0.2) is 0 Å². The topological polar surface area (TPSA) is 121 Å². The number of nitrogens with two attached hydrogens (primary N) is 1. The lowest BCUT2D eigenvalue weighted by molar-refractivity contribution is 0.0951. The molecule has 2 aromatic carbocycles. The zero-order chi connectivity index (χ0) is 19.9. The number of amides is 1. The minimum absolute atomic E-state index is 0.0133. The highest BCUT2D eigenvalue weighted by Crippen LogP contribution is 2.12. The van der Waals surface area contributed by atoms with Crippen molar-refractivity contribution in [1.29, 1.82) is 10.7 Å². The quantitative estimate of drug-likeness (QED) is 0.435. The minimum atomic E-state index is -0.216. The maximum absolute atomic E-state index is 12.4. The number of hydrogen-bond donors (Lipinski definition) is 3. The van der Waals surface area contributed by atoms with Gasteiger partial charge in [-0.3, -0.25) is 14.9 Å². The zero-order valence-corrected chi connectivity index (χ0v) is 15.2. The van der Waals surface area contributed by atoms with E-state index in [1.807, 2.05) is 36.4 Å². The smallest absolute Gasteiger partial charge is 0.254 e. The number of rotatable bonds is 7. The summed E-state index contributed by atoms with van der Waals surface area (Å²) in [5.74, 6) is -0.202. The Balaban J connectivity index is 1.61. The molecule has 3 aromatic rings. The molecule has 0 bridgehead atoms. The standard InChI is InChI=1S/C21H20N6O/c22-10-9-16-3-1-2-4-18(16)13-27-14-19(12-26-27)21(28)25-11-15-5-7-17(8-6-15)20(23)24/h1-8,12,14H,9,11,13H2,(H3,23,24)(H,25,28). The molecule has 1 aromatic heterocycles. The maximum Gasteiger partial charge on any atom is 0.254 e. The molecule has 0 saturated heterocycles. The number of amidine groups is 1. The maximum atomic E-state index is 12.4. The van der Waals surface area contributed by atoms with Gasteiger partial charge in [0, 0.05) is 18.3 Å². The summed E-state index contributed by atoms with van der Waals surface area (Å²) in [4.78, 5) is 12.4. The van der Waals surface area contributed by atoms with Gasteiger partial charge in [-0.05, 0) is 16.7 Å². The Kier molecular flexibility index (Phi) is 5.82. The predicted octanol–water partition coefficient (Wildman–Crippen LogP) is 2.21. The summed E-state index contributed by atoms with van der Waals surface area (Å²) in [6, 6.07) is 17.0. The Morgan fingerprint density at radius 3 is 2.54 bits per heavy atom. The molecule has 4 N–H and O–H groups in total. The number of benzene rings is 2. The lowest BCUT2D eigenvalue weighted by atomic mass is 10.1. The summed E-state index contributed by atoms with van der Waals surface area (Å²) < 4.78 is 1.69. The molecule has 0 aliphatic carbocycles. The molecule has 1 heterocycles. The summed E-state index contributed by atoms with van der Waals surface area (Å²) in [5.41, 5.74) is 9.43. The second kappa shape index (κ2) is 8.64. The first-order chi connectivity index (χ1) is 13.6. The number of carbonyl (C=O) groups is 1. The molecule has 7 nitrogen and oxygen atoms in total. The monoisotopic (exact) mass is 372 g/mol. The molecule has 3 rings (SSSR count). The van der Waals surface area contributed by atoms with Crippen molar-refractivity contribution in [1.82, 2.24) is 15.1 Å². The number of nitrogen functional groups attached to an aromatic ring is 1.